The zero-order chi connectivity index (χ0) is 95.6. The van der Waals surface area contributed by atoms with Crippen molar-refractivity contribution < 1.29 is 107 Å². The Kier molecular flexibility index (Phi) is 36.9. The van der Waals surface area contributed by atoms with Gasteiger partial charge >= 0.3 is 5.97 Å². The van der Waals surface area contributed by atoms with Crippen LogP contribution in [0.3, 0.4) is 0 Å². The number of thioether (sulfide) groups is 1. The number of phenolic OH excluding ortho intramolecular Hbond substituents is 1. The highest BCUT2D eigenvalue weighted by atomic mass is 32.2. The predicted octanol–water partition coefficient (Wildman–Crippen LogP) is -3.35. The number of aromatic hydroxyl groups is 1. The highest BCUT2D eigenvalue weighted by molar-refractivity contribution is 8.00. The van der Waals surface area contributed by atoms with Crippen LogP contribution < -0.4 is 64.6 Å². The monoisotopic (exact) mass is 1840 g/mol. The number of imidazole rings is 1. The van der Waals surface area contributed by atoms with Crippen molar-refractivity contribution >= 4 is 140 Å². The molecule has 0 radical (unpaired) electrons. The van der Waals surface area contributed by atoms with Crippen LogP contribution in [0.4, 0.5) is 0 Å². The Morgan fingerprint density at radius 2 is 1.08 bits per heavy atom. The highest BCUT2D eigenvalue weighted by Gasteiger charge is 2.47. The number of rotatable bonds is 23. The first-order valence-corrected chi connectivity index (χ1v) is 44.5. The van der Waals surface area contributed by atoms with Crippen LogP contribution >= 0.6 is 11.8 Å². The van der Waals surface area contributed by atoms with E-state index in [4.69, 9.17) is 11.5 Å². The Labute approximate surface area is 758 Å². The van der Waals surface area contributed by atoms with Crippen molar-refractivity contribution in [2.24, 2.45) is 11.5 Å². The van der Waals surface area contributed by atoms with Crippen molar-refractivity contribution in [1.82, 2.24) is 97.6 Å². The van der Waals surface area contributed by atoms with Gasteiger partial charge in [-0.15, -0.1) is 11.8 Å². The number of unbranched alkanes of at least 4 members (excludes halogenated alkanes) is 2. The third-order valence-corrected chi connectivity index (χ3v) is 24.4. The number of hydrogen-bond donors (Lipinski definition) is 19. The molecular formula is C87H117N21O22S. The van der Waals surface area contributed by atoms with Gasteiger partial charge in [0.2, 0.25) is 100 Å². The molecular weight excluding hydrogens is 1720 g/mol. The van der Waals surface area contributed by atoms with Crippen molar-refractivity contribution in [2.75, 3.05) is 58.9 Å². The lowest BCUT2D eigenvalue weighted by atomic mass is 10.00. The van der Waals surface area contributed by atoms with Crippen LogP contribution in [0, 0.1) is 0 Å². The van der Waals surface area contributed by atoms with E-state index in [1.54, 1.807) is 60.9 Å². The average Bonchev–Trinajstić information content (AvgIpc) is 1.62. The minimum Gasteiger partial charge on any atom is -0.508 e. The number of fused-ring (bicyclic) bond motifs is 4. The number of aliphatic hydroxyl groups is 2. The summed E-state index contributed by atoms with van der Waals surface area (Å²) in [7, 11) is 3.87. The molecule has 3 aromatic carbocycles. The molecule has 3 aromatic heterocycles. The summed E-state index contributed by atoms with van der Waals surface area (Å²) in [5.41, 5.74) is 13.8. The molecule has 0 spiro atoms. The number of nitrogens with zero attached hydrogens (tertiary/aromatic N) is 6. The van der Waals surface area contributed by atoms with Crippen LogP contribution in [0.25, 0.3) is 21.8 Å². The van der Waals surface area contributed by atoms with Gasteiger partial charge in [0, 0.05) is 125 Å². The van der Waals surface area contributed by atoms with Crippen molar-refractivity contribution in [3.8, 4) is 5.75 Å². The van der Waals surface area contributed by atoms with Gasteiger partial charge < -0.3 is 125 Å². The zero-order valence-corrected chi connectivity index (χ0v) is 74.7. The van der Waals surface area contributed by atoms with Crippen molar-refractivity contribution in [3.05, 3.63) is 120 Å². The van der Waals surface area contributed by atoms with E-state index in [9.17, 15) is 78.0 Å². The number of carbonyl (C=O) groups excluding carboxylic acids is 17. The fourth-order valence-electron chi connectivity index (χ4n) is 16.0. The maximum Gasteiger partial charge on any atom is 0.303 e. The number of phenols is 1. The molecule has 3 fully saturated rings. The summed E-state index contributed by atoms with van der Waals surface area (Å²) in [6, 6.07) is -3.10. The molecule has 0 bridgehead atoms. The molecule has 6 aromatic rings. The summed E-state index contributed by atoms with van der Waals surface area (Å²) >= 11 is 0.767. The van der Waals surface area contributed by atoms with Gasteiger partial charge in [0.1, 0.15) is 90.3 Å². The summed E-state index contributed by atoms with van der Waals surface area (Å²) in [4.78, 5) is 278. The van der Waals surface area contributed by atoms with Gasteiger partial charge in [0.25, 0.3) is 0 Å². The van der Waals surface area contributed by atoms with E-state index in [1.807, 2.05) is 13.8 Å². The summed E-state index contributed by atoms with van der Waals surface area (Å²) in [6.07, 6.45) is 1.89. The molecule has 0 aliphatic carbocycles. The minimum atomic E-state index is -1.92. The number of aromatic nitrogens is 4. The molecule has 3 aliphatic rings. The molecule has 43 nitrogen and oxygen atoms in total. The maximum atomic E-state index is 15.6. The van der Waals surface area contributed by atoms with Crippen LogP contribution in [0.2, 0.25) is 0 Å². The zero-order valence-electron chi connectivity index (χ0n) is 73.8. The molecule has 3 aliphatic heterocycles. The molecule has 708 valence electrons. The molecule has 0 unspecified atom stereocenters. The molecule has 17 amide bonds. The van der Waals surface area contributed by atoms with E-state index in [-0.39, 0.29) is 62.9 Å². The molecule has 9 rings (SSSR count). The number of para-hydroxylation sites is 2. The van der Waals surface area contributed by atoms with Gasteiger partial charge in [0.15, 0.2) is 0 Å². The second kappa shape index (κ2) is 47.7. The molecule has 15 atom stereocenters. The van der Waals surface area contributed by atoms with E-state index in [2.05, 4.69) is 73.1 Å². The summed E-state index contributed by atoms with van der Waals surface area (Å²) in [5.74, 6) is -19.3. The lowest BCUT2D eigenvalue weighted by Crippen LogP contribution is -2.61. The smallest absolute Gasteiger partial charge is 0.303 e. The van der Waals surface area contributed by atoms with E-state index < -0.39 is 260 Å². The SMILES string of the molecule is CCCC[C@H]1C(=O)N(C)[C@@H](CCCC)C(=O)N[C@@H](C)C(=O)N[C@H](C(=O)NCC(N)=O)CSCC(=O)N[C@@H](Cc2ccc(O)cc2)C(=O)N(C)[C@@H](C)C(=O)N[C@@H](CC(N)=O)C(=O)N2CCC[C@H]2C(=O)N[C@@H](Cc2cnc[nH]2)C(=O)N[C@@H](CCC(=O)O)C(=O)N2C[C@H](O)C[C@H]2C(=O)N[C@@H](Cc2c[nH]c3ccccc23)C(=O)N[C@@H](CO)C(=O)N[C@@H](Cc2c[nH]c3ccccc23)C(=O)N1C. The van der Waals surface area contributed by atoms with Crippen LogP contribution in [0.1, 0.15) is 127 Å². The molecule has 6 heterocycles. The third kappa shape index (κ3) is 27.5. The largest absolute Gasteiger partial charge is 0.508 e. The van der Waals surface area contributed by atoms with Gasteiger partial charge in [-0.3, -0.25) is 86.3 Å². The second-order valence-corrected chi connectivity index (χ2v) is 34.0. The molecule has 21 N–H and O–H groups in total. The first-order chi connectivity index (χ1) is 62.4. The number of amides is 17. The number of carbonyl (C=O) groups is 18. The number of nitrogens with one attached hydrogen (secondary N) is 13. The van der Waals surface area contributed by atoms with Crippen LogP contribution in [0.15, 0.2) is 97.7 Å². The van der Waals surface area contributed by atoms with Crippen molar-refractivity contribution in [2.45, 2.75) is 221 Å². The number of benzene rings is 3. The number of nitrogens with two attached hydrogens (primary N) is 2. The van der Waals surface area contributed by atoms with E-state index in [1.165, 1.54) is 71.8 Å². The Hall–Kier alpha value is -13.5. The molecule has 3 saturated heterocycles. The lowest BCUT2D eigenvalue weighted by Gasteiger charge is -2.36. The number of hydrogen-bond acceptors (Lipinski definition) is 23. The third-order valence-electron chi connectivity index (χ3n) is 23.4. The van der Waals surface area contributed by atoms with E-state index >= 15 is 28.8 Å². The van der Waals surface area contributed by atoms with Crippen LogP contribution in [-0.4, -0.2) is 321 Å². The van der Waals surface area contributed by atoms with Crippen molar-refractivity contribution in [1.29, 1.82) is 0 Å². The number of likely N-dealkylation sites (N-methyl/N-ethyl adjacent to an activating group) is 3. The van der Waals surface area contributed by atoms with Gasteiger partial charge in [0.05, 0.1) is 37.8 Å². The topological polar surface area (TPSA) is 637 Å². The predicted molar refractivity (Wildman–Crippen MR) is 474 cm³/mol. The van der Waals surface area contributed by atoms with E-state index in [0.717, 1.165) is 36.3 Å². The number of H-pyrrole nitrogens is 3. The number of aromatic amines is 3. The average molecular weight is 1840 g/mol. The number of carboxylic acid groups (broad SMARTS) is 1. The Morgan fingerprint density at radius 3 is 1.68 bits per heavy atom. The maximum absolute atomic E-state index is 15.6. The minimum absolute atomic E-state index is 0.00183. The summed E-state index contributed by atoms with van der Waals surface area (Å²) in [5, 5.41) is 69.7. The van der Waals surface area contributed by atoms with Gasteiger partial charge in [-0.05, 0) is 86.9 Å². The van der Waals surface area contributed by atoms with Crippen LogP contribution in [-0.2, 0) is 112 Å². The fourth-order valence-corrected chi connectivity index (χ4v) is 16.8. The van der Waals surface area contributed by atoms with Gasteiger partial charge in [-0.1, -0.05) is 88.1 Å². The summed E-state index contributed by atoms with van der Waals surface area (Å²) < 4.78 is 0. The second-order valence-electron chi connectivity index (χ2n) is 33.0. The van der Waals surface area contributed by atoms with Crippen LogP contribution in [0.5, 0.6) is 5.75 Å². The first-order valence-electron chi connectivity index (χ1n) is 43.3. The molecule has 44 heteroatoms. The number of aliphatic carboxylic acids is 1. The highest BCUT2D eigenvalue weighted by Crippen LogP contribution is 2.28. The van der Waals surface area contributed by atoms with Crippen molar-refractivity contribution in [3.63, 3.8) is 0 Å². The van der Waals surface area contributed by atoms with Gasteiger partial charge in [-0.2, -0.15) is 0 Å². The summed E-state index contributed by atoms with van der Waals surface area (Å²) in [6.45, 7) is 3.60. The molecule has 131 heavy (non-hydrogen) atoms. The Morgan fingerprint density at radius 1 is 0.542 bits per heavy atom. The van der Waals surface area contributed by atoms with E-state index in [0.29, 0.717) is 64.2 Å². The normalized spacial score (nSPS) is 25.1. The lowest BCUT2D eigenvalue weighted by molar-refractivity contribution is -0.149. The molecule has 0 saturated carbocycles. The Bertz CT molecular complexity index is 5130. The fraction of sp³-hybridized carbons (Fsp3) is 0.506. The first kappa shape index (κ1) is 101. The quantitative estimate of drug-likeness (QED) is 0.0298. The standard InChI is InChI=1S/C87H117N21O22S/c1-8-10-21-66-80(123)95-46(3)74(117)103-65(76(119)93-40-71(89)113)43-131-44-72(114)96-61(31-48-24-26-52(110)27-25-48)83(126)104(5)47(4)75(118)100-63(36-70(88)112)86(129)107-30-16-23-67(107)81(124)99-60(34-51-39-90-45-94-51)78(121)97-58(28-29-73(115)116)85(128)108-41-53(111)35-69(108)82(125)98-59(32-49-37-91-56-19-14-12-17-54(49)56)77(120)102-64(42-109)79(122)101-62(33-50-38-92-57-20-15-13-18-55(50)57)84(127)106(7)68(22-11-9-2)87(130)105(66)6/h12-15,17-20,24-27,37-39,45-47,53,58-69,91-92,109-111H,8-11,16,21-23,28-36,40-44H2,1-7H3,(H2,88,112)(H2,89,113)(H,90,94)(H,93,119)(H,95,123)(H,96,114)(H,97,121)(H,98,125)(H,99,124)(H,100,118)(H,101,122)(H,102,120)(H,103,117)(H,115,116)/t46-,47-,53+,58-,59-,60-,61-,62-,63-,64-,65-,66-,67-,68-,69-/m0/s1. The number of carboxylic acids is 1. The Balaban J connectivity index is 1.08. The van der Waals surface area contributed by atoms with Gasteiger partial charge in [-0.25, -0.2) is 4.98 Å². The number of aliphatic hydroxyl groups excluding tert-OH is 2. The number of primary amides is 2.